The predicted octanol–water partition coefficient (Wildman–Crippen LogP) is 4.18. The molecule has 0 fully saturated rings. The van der Waals surface area contributed by atoms with Crippen LogP contribution in [0.2, 0.25) is 0 Å². The van der Waals surface area contributed by atoms with Crippen LogP contribution in [0.25, 0.3) is 0 Å². The van der Waals surface area contributed by atoms with Gasteiger partial charge in [0, 0.05) is 15.0 Å². The molecule has 0 amide bonds. The number of hydrogen-bond acceptors (Lipinski definition) is 2. The van der Waals surface area contributed by atoms with E-state index in [0.717, 1.165) is 33.0 Å². The zero-order chi connectivity index (χ0) is 11.4. The van der Waals surface area contributed by atoms with Crippen molar-refractivity contribution in [2.45, 2.75) is 18.9 Å². The second kappa shape index (κ2) is 7.33. The summed E-state index contributed by atoms with van der Waals surface area (Å²) in [5.74, 6) is 0. The average molecular weight is 371 g/mol. The van der Waals surface area contributed by atoms with E-state index in [1.165, 1.54) is 0 Å². The summed E-state index contributed by atoms with van der Waals surface area (Å²) >= 11 is 6.82. The molecule has 0 saturated carbocycles. The quantitative estimate of drug-likeness (QED) is 0.617. The summed E-state index contributed by atoms with van der Waals surface area (Å²) in [5, 5.41) is 0. The van der Waals surface area contributed by atoms with Crippen LogP contribution in [0.4, 0.5) is 5.69 Å². The third-order valence-electron chi connectivity index (χ3n) is 2.21. The first-order valence-corrected chi connectivity index (χ1v) is 6.25. The van der Waals surface area contributed by atoms with Gasteiger partial charge in [-0.05, 0) is 46.5 Å². The van der Waals surface area contributed by atoms with E-state index in [1.807, 2.05) is 18.2 Å². The Morgan fingerprint density at radius 2 is 2.00 bits per heavy atom. The molecular weight excluding hydrogens is 355 g/mol. The molecular formula is C11H15Br2ClN2. The molecule has 0 aliphatic rings. The van der Waals surface area contributed by atoms with Gasteiger partial charge in [0.25, 0.3) is 0 Å². The maximum atomic E-state index is 6.05. The van der Waals surface area contributed by atoms with Gasteiger partial charge in [0.15, 0.2) is 0 Å². The van der Waals surface area contributed by atoms with Gasteiger partial charge < -0.3 is 11.5 Å². The Kier molecular flexibility index (Phi) is 7.31. The van der Waals surface area contributed by atoms with E-state index < -0.39 is 0 Å². The first-order chi connectivity index (χ1) is 7.06. The Hall–Kier alpha value is -0.0300. The Morgan fingerprint density at radius 3 is 2.56 bits per heavy atom. The molecule has 0 aliphatic heterocycles. The summed E-state index contributed by atoms with van der Waals surface area (Å²) in [7, 11) is 0. The van der Waals surface area contributed by atoms with E-state index >= 15 is 0 Å². The maximum Gasteiger partial charge on any atom is 0.0507 e. The lowest BCUT2D eigenvalue weighted by Crippen LogP contribution is -2.12. The van der Waals surface area contributed by atoms with Gasteiger partial charge in [0.05, 0.1) is 5.69 Å². The third-order valence-corrected chi connectivity index (χ3v) is 3.32. The van der Waals surface area contributed by atoms with Crippen molar-refractivity contribution in [2.75, 3.05) is 5.73 Å². The molecule has 1 aromatic rings. The van der Waals surface area contributed by atoms with Crippen LogP contribution in [-0.4, -0.2) is 0 Å². The summed E-state index contributed by atoms with van der Waals surface area (Å²) < 4.78 is 1.86. The van der Waals surface area contributed by atoms with E-state index in [4.69, 9.17) is 11.5 Å². The zero-order valence-corrected chi connectivity index (χ0v) is 12.7. The highest BCUT2D eigenvalue weighted by Gasteiger charge is 2.12. The SMILES string of the molecule is C=CCC[C@H](N)c1cc(Br)cc(Br)c1N.Cl. The minimum atomic E-state index is -0.0446. The van der Waals surface area contributed by atoms with Gasteiger partial charge in [-0.25, -0.2) is 0 Å². The Labute approximate surface area is 119 Å². The fourth-order valence-corrected chi connectivity index (χ4v) is 2.62. The van der Waals surface area contributed by atoms with E-state index in [2.05, 4.69) is 38.4 Å². The van der Waals surface area contributed by atoms with Gasteiger partial charge >= 0.3 is 0 Å². The Bertz CT molecular complexity index is 369. The van der Waals surface area contributed by atoms with E-state index in [0.29, 0.717) is 0 Å². The summed E-state index contributed by atoms with van der Waals surface area (Å²) in [6.45, 7) is 3.68. The summed E-state index contributed by atoms with van der Waals surface area (Å²) in [4.78, 5) is 0. The number of benzene rings is 1. The molecule has 16 heavy (non-hydrogen) atoms. The third kappa shape index (κ3) is 4.09. The van der Waals surface area contributed by atoms with Crippen molar-refractivity contribution in [3.63, 3.8) is 0 Å². The largest absolute Gasteiger partial charge is 0.398 e. The van der Waals surface area contributed by atoms with Gasteiger partial charge in [-0.1, -0.05) is 22.0 Å². The van der Waals surface area contributed by atoms with E-state index in [9.17, 15) is 0 Å². The first-order valence-electron chi connectivity index (χ1n) is 4.67. The number of anilines is 1. The molecule has 1 atom stereocenters. The number of nitrogens with two attached hydrogens (primary N) is 2. The fourth-order valence-electron chi connectivity index (χ4n) is 1.36. The lowest BCUT2D eigenvalue weighted by atomic mass is 10.0. The van der Waals surface area contributed by atoms with Gasteiger partial charge in [-0.15, -0.1) is 19.0 Å². The van der Waals surface area contributed by atoms with Crippen molar-refractivity contribution >= 4 is 50.0 Å². The molecule has 90 valence electrons. The van der Waals surface area contributed by atoms with Crippen LogP contribution >= 0.6 is 44.3 Å². The number of hydrogen-bond donors (Lipinski definition) is 2. The van der Waals surface area contributed by atoms with Gasteiger partial charge in [-0.3, -0.25) is 0 Å². The van der Waals surface area contributed by atoms with Gasteiger partial charge in [0.1, 0.15) is 0 Å². The normalized spacial score (nSPS) is 11.7. The Morgan fingerprint density at radius 1 is 1.38 bits per heavy atom. The summed E-state index contributed by atoms with van der Waals surface area (Å²) in [5.41, 5.74) is 13.7. The van der Waals surface area contributed by atoms with Crippen molar-refractivity contribution in [2.24, 2.45) is 5.73 Å². The molecule has 2 nitrogen and oxygen atoms in total. The molecule has 5 heteroatoms. The lowest BCUT2D eigenvalue weighted by molar-refractivity contribution is 0.663. The number of allylic oxidation sites excluding steroid dienone is 1. The molecule has 0 radical (unpaired) electrons. The highest BCUT2D eigenvalue weighted by atomic mass is 79.9. The maximum absolute atomic E-state index is 6.05. The second-order valence-electron chi connectivity index (χ2n) is 3.36. The second-order valence-corrected chi connectivity index (χ2v) is 5.13. The molecule has 0 aromatic heterocycles. The van der Waals surface area contributed by atoms with Gasteiger partial charge in [0.2, 0.25) is 0 Å². The first kappa shape index (κ1) is 16.0. The van der Waals surface area contributed by atoms with E-state index in [1.54, 1.807) is 0 Å². The minimum Gasteiger partial charge on any atom is -0.398 e. The van der Waals surface area contributed by atoms with Crippen LogP contribution in [0, 0.1) is 0 Å². The highest BCUT2D eigenvalue weighted by Crippen LogP contribution is 2.32. The summed E-state index contributed by atoms with van der Waals surface area (Å²) in [6, 6.07) is 3.84. The predicted molar refractivity (Wildman–Crippen MR) is 79.9 cm³/mol. The monoisotopic (exact) mass is 368 g/mol. The Balaban J connectivity index is 0.00000225. The minimum absolute atomic E-state index is 0. The van der Waals surface area contributed by atoms with Crippen LogP contribution in [0.15, 0.2) is 33.7 Å². The number of halogens is 3. The van der Waals surface area contributed by atoms with Crippen LogP contribution in [-0.2, 0) is 0 Å². The molecule has 0 spiro atoms. The fraction of sp³-hybridized carbons (Fsp3) is 0.273. The van der Waals surface area contributed by atoms with Crippen LogP contribution in [0.1, 0.15) is 24.4 Å². The van der Waals surface area contributed by atoms with Gasteiger partial charge in [-0.2, -0.15) is 0 Å². The van der Waals surface area contributed by atoms with Crippen LogP contribution in [0.3, 0.4) is 0 Å². The van der Waals surface area contributed by atoms with Crippen molar-refractivity contribution in [1.29, 1.82) is 0 Å². The molecule has 0 unspecified atom stereocenters. The zero-order valence-electron chi connectivity index (χ0n) is 8.75. The highest BCUT2D eigenvalue weighted by molar-refractivity contribution is 9.11. The topological polar surface area (TPSA) is 52.0 Å². The molecule has 0 saturated heterocycles. The molecule has 0 bridgehead atoms. The molecule has 1 rings (SSSR count). The molecule has 4 N–H and O–H groups in total. The average Bonchev–Trinajstić information content (AvgIpc) is 2.19. The molecule has 1 aromatic carbocycles. The number of nitrogen functional groups attached to an aromatic ring is 1. The van der Waals surface area contributed by atoms with Crippen molar-refractivity contribution in [3.8, 4) is 0 Å². The standard InChI is InChI=1S/C11H14Br2N2.ClH/c1-2-3-4-10(14)8-5-7(12)6-9(13)11(8)15;/h2,5-6,10H,1,3-4,14-15H2;1H/t10-;/m0./s1. The van der Waals surface area contributed by atoms with Crippen molar-refractivity contribution < 1.29 is 0 Å². The lowest BCUT2D eigenvalue weighted by Gasteiger charge is -2.15. The smallest absolute Gasteiger partial charge is 0.0507 e. The molecule has 0 heterocycles. The van der Waals surface area contributed by atoms with Crippen LogP contribution < -0.4 is 11.5 Å². The van der Waals surface area contributed by atoms with E-state index in [-0.39, 0.29) is 18.4 Å². The van der Waals surface area contributed by atoms with Crippen LogP contribution in [0.5, 0.6) is 0 Å². The summed E-state index contributed by atoms with van der Waals surface area (Å²) in [6.07, 6.45) is 3.62. The molecule has 0 aliphatic carbocycles. The van der Waals surface area contributed by atoms with Crippen molar-refractivity contribution in [1.82, 2.24) is 0 Å². The van der Waals surface area contributed by atoms with Crippen molar-refractivity contribution in [3.05, 3.63) is 39.3 Å². The number of rotatable bonds is 4.